The van der Waals surface area contributed by atoms with Gasteiger partial charge in [0.15, 0.2) is 0 Å². The molecule has 2 amide bonds. The lowest BCUT2D eigenvalue weighted by Crippen LogP contribution is -2.39. The monoisotopic (exact) mass is 344 g/mol. The van der Waals surface area contributed by atoms with Crippen molar-refractivity contribution < 1.29 is 9.53 Å². The highest BCUT2D eigenvalue weighted by atomic mass is 32.2. The van der Waals surface area contributed by atoms with Crippen LogP contribution in [0, 0.1) is 13.8 Å². The Hall–Kier alpha value is -2.14. The van der Waals surface area contributed by atoms with Crippen LogP contribution in [0.2, 0.25) is 0 Å². The molecule has 2 aromatic rings. The van der Waals surface area contributed by atoms with Gasteiger partial charge in [-0.2, -0.15) is 0 Å². The van der Waals surface area contributed by atoms with Crippen molar-refractivity contribution in [1.82, 2.24) is 5.32 Å². The van der Waals surface area contributed by atoms with E-state index in [4.69, 9.17) is 4.74 Å². The highest BCUT2D eigenvalue weighted by Crippen LogP contribution is 2.22. The Balaban J connectivity index is 1.83. The predicted molar refractivity (Wildman–Crippen MR) is 101 cm³/mol. The number of para-hydroxylation sites is 1. The van der Waals surface area contributed by atoms with Gasteiger partial charge in [-0.3, -0.25) is 0 Å². The van der Waals surface area contributed by atoms with Crippen molar-refractivity contribution in [2.45, 2.75) is 31.7 Å². The minimum atomic E-state index is -0.232. The molecule has 0 bridgehead atoms. The third-order valence-electron chi connectivity index (χ3n) is 3.61. The smallest absolute Gasteiger partial charge is 0.319 e. The maximum absolute atomic E-state index is 12.0. The lowest BCUT2D eigenvalue weighted by molar-refractivity contribution is 0.236. The summed E-state index contributed by atoms with van der Waals surface area (Å²) < 4.78 is 5.87. The number of carbonyl (C=O) groups is 1. The summed E-state index contributed by atoms with van der Waals surface area (Å²) in [6.45, 7) is 6.38. The zero-order chi connectivity index (χ0) is 17.5. The summed E-state index contributed by atoms with van der Waals surface area (Å²) in [5.74, 6) is 0.888. The molecule has 2 N–H and O–H groups in total. The Morgan fingerprint density at radius 2 is 1.75 bits per heavy atom. The molecule has 2 aromatic carbocycles. The normalized spacial score (nSPS) is 11.7. The molecule has 0 radical (unpaired) electrons. The van der Waals surface area contributed by atoms with Gasteiger partial charge < -0.3 is 15.4 Å². The van der Waals surface area contributed by atoms with Crippen LogP contribution in [0.4, 0.5) is 10.5 Å². The number of hydrogen-bond donors (Lipinski definition) is 2. The average Bonchev–Trinajstić information content (AvgIpc) is 2.55. The molecule has 0 spiro atoms. The van der Waals surface area contributed by atoms with Crippen LogP contribution in [0.3, 0.4) is 0 Å². The number of benzene rings is 2. The number of rotatable bonds is 6. The number of hydrogen-bond acceptors (Lipinski definition) is 3. The molecule has 5 heteroatoms. The van der Waals surface area contributed by atoms with Gasteiger partial charge in [0, 0.05) is 10.6 Å². The van der Waals surface area contributed by atoms with E-state index in [0.717, 1.165) is 27.5 Å². The second-order valence-electron chi connectivity index (χ2n) is 5.76. The minimum absolute atomic E-state index is 0.102. The summed E-state index contributed by atoms with van der Waals surface area (Å²) in [6.07, 6.45) is 2.02. The van der Waals surface area contributed by atoms with Crippen molar-refractivity contribution >= 4 is 23.5 Å². The third kappa shape index (κ3) is 5.20. The van der Waals surface area contributed by atoms with Gasteiger partial charge in [0.2, 0.25) is 0 Å². The molecule has 1 unspecified atom stereocenters. The van der Waals surface area contributed by atoms with Gasteiger partial charge in [-0.1, -0.05) is 18.2 Å². The highest BCUT2D eigenvalue weighted by Gasteiger charge is 2.10. The quantitative estimate of drug-likeness (QED) is 0.752. The molecular formula is C19H24N2O2S. The third-order valence-corrected chi connectivity index (χ3v) is 4.36. The maximum atomic E-state index is 12.0. The zero-order valence-corrected chi connectivity index (χ0v) is 15.4. The van der Waals surface area contributed by atoms with Crippen LogP contribution < -0.4 is 15.4 Å². The number of urea groups is 1. The summed E-state index contributed by atoms with van der Waals surface area (Å²) >= 11 is 1.67. The Kier molecular flexibility index (Phi) is 6.55. The van der Waals surface area contributed by atoms with E-state index in [2.05, 4.69) is 10.6 Å². The number of thioether (sulfide) groups is 1. The van der Waals surface area contributed by atoms with Crippen LogP contribution in [0.5, 0.6) is 5.75 Å². The Morgan fingerprint density at radius 1 is 1.12 bits per heavy atom. The molecule has 0 fully saturated rings. The second-order valence-corrected chi connectivity index (χ2v) is 6.64. The number of anilines is 1. The molecule has 0 saturated heterocycles. The molecule has 0 aliphatic heterocycles. The first-order chi connectivity index (χ1) is 11.5. The van der Waals surface area contributed by atoms with E-state index in [1.807, 2.05) is 69.5 Å². The molecule has 0 heterocycles. The van der Waals surface area contributed by atoms with Gasteiger partial charge in [-0.15, -0.1) is 11.8 Å². The van der Waals surface area contributed by atoms with Crippen LogP contribution in [-0.4, -0.2) is 24.9 Å². The first-order valence-electron chi connectivity index (χ1n) is 7.90. The summed E-state index contributed by atoms with van der Waals surface area (Å²) in [5.41, 5.74) is 2.97. The van der Waals surface area contributed by atoms with Gasteiger partial charge in [0.25, 0.3) is 0 Å². The standard InChI is InChI=1S/C19H24N2O2S/c1-13-6-5-7-14(2)18(13)23-12-15(3)20-19(22)21-16-8-10-17(24-4)11-9-16/h5-11,15H,12H2,1-4H3,(H2,20,21,22). The number of amides is 2. The van der Waals surface area contributed by atoms with Gasteiger partial charge in [0.05, 0.1) is 6.04 Å². The lowest BCUT2D eigenvalue weighted by atomic mass is 10.1. The van der Waals surface area contributed by atoms with E-state index in [1.165, 1.54) is 0 Å². The first kappa shape index (κ1) is 18.2. The average molecular weight is 344 g/mol. The molecule has 4 nitrogen and oxygen atoms in total. The fourth-order valence-electron chi connectivity index (χ4n) is 2.34. The number of ether oxygens (including phenoxy) is 1. The Morgan fingerprint density at radius 3 is 2.33 bits per heavy atom. The fraction of sp³-hybridized carbons (Fsp3) is 0.316. The highest BCUT2D eigenvalue weighted by molar-refractivity contribution is 7.98. The van der Waals surface area contributed by atoms with E-state index in [1.54, 1.807) is 11.8 Å². The van der Waals surface area contributed by atoms with Crippen LogP contribution in [-0.2, 0) is 0 Å². The largest absolute Gasteiger partial charge is 0.491 e. The van der Waals surface area contributed by atoms with Crippen molar-refractivity contribution in [2.75, 3.05) is 18.2 Å². The fourth-order valence-corrected chi connectivity index (χ4v) is 2.75. The van der Waals surface area contributed by atoms with Crippen LogP contribution in [0.15, 0.2) is 47.4 Å². The molecule has 2 rings (SSSR count). The van der Waals surface area contributed by atoms with Crippen molar-refractivity contribution in [3.05, 3.63) is 53.6 Å². The molecular weight excluding hydrogens is 320 g/mol. The molecule has 0 saturated carbocycles. The maximum Gasteiger partial charge on any atom is 0.319 e. The number of nitrogens with one attached hydrogen (secondary N) is 2. The summed E-state index contributed by atoms with van der Waals surface area (Å²) in [6, 6.07) is 13.5. The molecule has 0 aliphatic carbocycles. The SMILES string of the molecule is CSc1ccc(NC(=O)NC(C)COc2c(C)cccc2C)cc1. The van der Waals surface area contributed by atoms with Gasteiger partial charge in [-0.05, 0) is 62.4 Å². The van der Waals surface area contributed by atoms with E-state index >= 15 is 0 Å². The lowest BCUT2D eigenvalue weighted by Gasteiger charge is -2.18. The minimum Gasteiger partial charge on any atom is -0.491 e. The molecule has 128 valence electrons. The van der Waals surface area contributed by atoms with Crippen molar-refractivity contribution in [3.8, 4) is 5.75 Å². The zero-order valence-electron chi connectivity index (χ0n) is 14.6. The summed E-state index contributed by atoms with van der Waals surface area (Å²) in [5, 5.41) is 5.72. The predicted octanol–water partition coefficient (Wildman–Crippen LogP) is 4.61. The Bertz CT molecular complexity index is 666. The molecule has 0 aliphatic rings. The molecule has 1 atom stereocenters. The van der Waals surface area contributed by atoms with Gasteiger partial charge in [-0.25, -0.2) is 4.79 Å². The molecule has 0 aromatic heterocycles. The van der Waals surface area contributed by atoms with Crippen molar-refractivity contribution in [1.29, 1.82) is 0 Å². The van der Waals surface area contributed by atoms with Crippen molar-refractivity contribution in [2.24, 2.45) is 0 Å². The topological polar surface area (TPSA) is 50.4 Å². The number of carbonyl (C=O) groups excluding carboxylic acids is 1. The summed E-state index contributed by atoms with van der Waals surface area (Å²) in [4.78, 5) is 13.2. The second kappa shape index (κ2) is 8.64. The molecule has 24 heavy (non-hydrogen) atoms. The number of aryl methyl sites for hydroxylation is 2. The van der Waals surface area contributed by atoms with E-state index in [9.17, 15) is 4.79 Å². The summed E-state index contributed by atoms with van der Waals surface area (Å²) in [7, 11) is 0. The van der Waals surface area contributed by atoms with Gasteiger partial charge in [0.1, 0.15) is 12.4 Å². The van der Waals surface area contributed by atoms with Crippen molar-refractivity contribution in [3.63, 3.8) is 0 Å². The van der Waals surface area contributed by atoms with Crippen LogP contribution in [0.25, 0.3) is 0 Å². The van der Waals surface area contributed by atoms with Crippen LogP contribution >= 0.6 is 11.8 Å². The van der Waals surface area contributed by atoms with E-state index in [0.29, 0.717) is 6.61 Å². The Labute approximate surface area is 148 Å². The van der Waals surface area contributed by atoms with Gasteiger partial charge >= 0.3 is 6.03 Å². The first-order valence-corrected chi connectivity index (χ1v) is 9.12. The van der Waals surface area contributed by atoms with E-state index < -0.39 is 0 Å². The van der Waals surface area contributed by atoms with Crippen LogP contribution in [0.1, 0.15) is 18.1 Å². The van der Waals surface area contributed by atoms with E-state index in [-0.39, 0.29) is 12.1 Å².